The summed E-state index contributed by atoms with van der Waals surface area (Å²) in [6, 6.07) is 4.18. The molecule has 0 bridgehead atoms. The normalized spacial score (nSPS) is 22.0. The van der Waals surface area contributed by atoms with Gasteiger partial charge in [0.15, 0.2) is 0 Å². The minimum absolute atomic E-state index is 0.313. The average molecular weight is 247 g/mol. The molecule has 98 valence electrons. The summed E-state index contributed by atoms with van der Waals surface area (Å²) in [6.07, 6.45) is 4.64. The van der Waals surface area contributed by atoms with Gasteiger partial charge in [-0.25, -0.2) is 0 Å². The van der Waals surface area contributed by atoms with Crippen molar-refractivity contribution in [2.75, 3.05) is 33.7 Å². The molecule has 1 atom stereocenters. The fourth-order valence-electron chi connectivity index (χ4n) is 2.39. The summed E-state index contributed by atoms with van der Waals surface area (Å²) >= 11 is 0. The molecule has 0 radical (unpaired) electrons. The molecule has 1 aromatic rings. The van der Waals surface area contributed by atoms with Gasteiger partial charge in [0.1, 0.15) is 5.78 Å². The van der Waals surface area contributed by atoms with Crippen LogP contribution in [0.25, 0.3) is 0 Å². The van der Waals surface area contributed by atoms with E-state index in [2.05, 4.69) is 28.9 Å². The van der Waals surface area contributed by atoms with E-state index in [9.17, 15) is 4.79 Å². The van der Waals surface area contributed by atoms with Crippen molar-refractivity contribution in [1.82, 2.24) is 14.8 Å². The third-order valence-electron chi connectivity index (χ3n) is 3.59. The van der Waals surface area contributed by atoms with Crippen molar-refractivity contribution in [3.05, 3.63) is 30.1 Å². The van der Waals surface area contributed by atoms with Crippen molar-refractivity contribution in [1.29, 1.82) is 0 Å². The molecule has 2 rings (SSSR count). The summed E-state index contributed by atoms with van der Waals surface area (Å²) in [5.41, 5.74) is 1.06. The number of carbonyl (C=O) groups excluding carboxylic acids is 1. The fourth-order valence-corrected chi connectivity index (χ4v) is 2.39. The number of nitrogens with zero attached hydrogens (tertiary/aromatic N) is 3. The summed E-state index contributed by atoms with van der Waals surface area (Å²) in [4.78, 5) is 20.6. The first kappa shape index (κ1) is 13.2. The highest BCUT2D eigenvalue weighted by Crippen LogP contribution is 2.11. The molecule has 0 N–H and O–H groups in total. The third kappa shape index (κ3) is 3.62. The second-order valence-corrected chi connectivity index (χ2v) is 5.17. The quantitative estimate of drug-likeness (QED) is 0.789. The monoisotopic (exact) mass is 247 g/mol. The number of aromatic nitrogens is 1. The predicted octanol–water partition coefficient (Wildman–Crippen LogP) is 0.829. The lowest BCUT2D eigenvalue weighted by atomic mass is 10.0. The topological polar surface area (TPSA) is 36.4 Å². The first-order chi connectivity index (χ1) is 8.65. The van der Waals surface area contributed by atoms with E-state index < -0.39 is 0 Å². The number of piperazine rings is 1. The highest BCUT2D eigenvalue weighted by Gasteiger charge is 2.24. The second kappa shape index (κ2) is 6.07. The fraction of sp³-hybridized carbons (Fsp3) is 0.571. The van der Waals surface area contributed by atoms with Crippen LogP contribution in [-0.4, -0.2) is 60.3 Å². The van der Waals surface area contributed by atoms with Crippen molar-refractivity contribution in [3.63, 3.8) is 0 Å². The van der Waals surface area contributed by atoms with Crippen LogP contribution >= 0.6 is 0 Å². The summed E-state index contributed by atoms with van der Waals surface area (Å²) in [6.45, 7) is 3.12. The molecule has 0 saturated carbocycles. The Labute approximate surface area is 109 Å². The van der Waals surface area contributed by atoms with Gasteiger partial charge in [0.25, 0.3) is 0 Å². The standard InChI is InChI=1S/C14H21N3O/c1-16-7-8-17(2)13(11-16)10-14(18)9-12-3-5-15-6-4-12/h3-6,13H,7-11H2,1-2H3. The van der Waals surface area contributed by atoms with Crippen LogP contribution in [0.15, 0.2) is 24.5 Å². The maximum absolute atomic E-state index is 12.1. The first-order valence-corrected chi connectivity index (χ1v) is 6.44. The molecule has 1 saturated heterocycles. The zero-order valence-corrected chi connectivity index (χ0v) is 11.2. The Morgan fingerprint density at radius 3 is 2.78 bits per heavy atom. The van der Waals surface area contributed by atoms with Crippen LogP contribution in [0, 0.1) is 0 Å². The molecule has 1 aromatic heterocycles. The van der Waals surface area contributed by atoms with E-state index in [1.54, 1.807) is 12.4 Å². The van der Waals surface area contributed by atoms with E-state index in [0.717, 1.165) is 25.2 Å². The minimum Gasteiger partial charge on any atom is -0.304 e. The Morgan fingerprint density at radius 2 is 2.06 bits per heavy atom. The number of hydrogen-bond acceptors (Lipinski definition) is 4. The Bertz CT molecular complexity index is 393. The van der Waals surface area contributed by atoms with E-state index in [-0.39, 0.29) is 0 Å². The van der Waals surface area contributed by atoms with Crippen molar-refractivity contribution in [3.8, 4) is 0 Å². The Morgan fingerprint density at radius 1 is 1.33 bits per heavy atom. The van der Waals surface area contributed by atoms with Crippen LogP contribution in [-0.2, 0) is 11.2 Å². The van der Waals surface area contributed by atoms with Gasteiger partial charge in [-0.2, -0.15) is 0 Å². The molecule has 4 nitrogen and oxygen atoms in total. The molecule has 0 spiro atoms. The second-order valence-electron chi connectivity index (χ2n) is 5.17. The minimum atomic E-state index is 0.313. The number of pyridine rings is 1. The zero-order valence-electron chi connectivity index (χ0n) is 11.2. The van der Waals surface area contributed by atoms with Crippen molar-refractivity contribution in [2.45, 2.75) is 18.9 Å². The first-order valence-electron chi connectivity index (χ1n) is 6.44. The number of hydrogen-bond donors (Lipinski definition) is 0. The van der Waals surface area contributed by atoms with Crippen molar-refractivity contribution >= 4 is 5.78 Å². The Balaban J connectivity index is 1.87. The number of ketones is 1. The summed E-state index contributed by atoms with van der Waals surface area (Å²) < 4.78 is 0. The van der Waals surface area contributed by atoms with Gasteiger partial charge in [-0.1, -0.05) is 0 Å². The van der Waals surface area contributed by atoms with Gasteiger partial charge in [0.2, 0.25) is 0 Å². The molecule has 1 aliphatic rings. The molecule has 1 fully saturated rings. The van der Waals surface area contributed by atoms with Gasteiger partial charge in [-0.3, -0.25) is 9.78 Å². The lowest BCUT2D eigenvalue weighted by Gasteiger charge is -2.37. The molecule has 0 amide bonds. The number of carbonyl (C=O) groups is 1. The molecule has 0 aromatic carbocycles. The molecule has 0 aliphatic carbocycles. The van der Waals surface area contributed by atoms with Gasteiger partial charge in [-0.15, -0.1) is 0 Å². The van der Waals surface area contributed by atoms with E-state index in [4.69, 9.17) is 0 Å². The molecule has 1 aliphatic heterocycles. The lowest BCUT2D eigenvalue weighted by molar-refractivity contribution is -0.120. The highest BCUT2D eigenvalue weighted by molar-refractivity contribution is 5.81. The molecule has 1 unspecified atom stereocenters. The Hall–Kier alpha value is -1.26. The van der Waals surface area contributed by atoms with Crippen LogP contribution < -0.4 is 0 Å². The zero-order chi connectivity index (χ0) is 13.0. The van der Waals surface area contributed by atoms with Crippen molar-refractivity contribution < 1.29 is 4.79 Å². The third-order valence-corrected chi connectivity index (χ3v) is 3.59. The number of Topliss-reactive ketones (excluding diaryl/α,β-unsaturated/α-hetero) is 1. The van der Waals surface area contributed by atoms with Crippen LogP contribution in [0.4, 0.5) is 0 Å². The lowest BCUT2D eigenvalue weighted by Crippen LogP contribution is -2.50. The van der Waals surface area contributed by atoms with Crippen LogP contribution in [0.3, 0.4) is 0 Å². The van der Waals surface area contributed by atoms with Crippen LogP contribution in [0.5, 0.6) is 0 Å². The smallest absolute Gasteiger partial charge is 0.138 e. The van der Waals surface area contributed by atoms with Gasteiger partial charge >= 0.3 is 0 Å². The predicted molar refractivity (Wildman–Crippen MR) is 71.5 cm³/mol. The van der Waals surface area contributed by atoms with Crippen molar-refractivity contribution in [2.24, 2.45) is 0 Å². The molecule has 2 heterocycles. The molecule has 18 heavy (non-hydrogen) atoms. The maximum Gasteiger partial charge on any atom is 0.138 e. The van der Waals surface area contributed by atoms with Gasteiger partial charge in [-0.05, 0) is 31.8 Å². The van der Waals surface area contributed by atoms with E-state index >= 15 is 0 Å². The SMILES string of the molecule is CN1CCN(C)C(CC(=O)Cc2ccncc2)C1. The van der Waals surface area contributed by atoms with E-state index in [1.807, 2.05) is 12.1 Å². The largest absolute Gasteiger partial charge is 0.304 e. The van der Waals surface area contributed by atoms with E-state index in [1.165, 1.54) is 0 Å². The molecule has 4 heteroatoms. The van der Waals surface area contributed by atoms with Crippen LogP contribution in [0.1, 0.15) is 12.0 Å². The van der Waals surface area contributed by atoms with Crippen LogP contribution in [0.2, 0.25) is 0 Å². The summed E-state index contributed by atoms with van der Waals surface area (Å²) in [5, 5.41) is 0. The van der Waals surface area contributed by atoms with E-state index in [0.29, 0.717) is 24.7 Å². The molecular weight excluding hydrogens is 226 g/mol. The van der Waals surface area contributed by atoms with Gasteiger partial charge in [0.05, 0.1) is 0 Å². The Kier molecular flexibility index (Phi) is 4.44. The van der Waals surface area contributed by atoms with Gasteiger partial charge in [0, 0.05) is 50.9 Å². The maximum atomic E-state index is 12.1. The summed E-state index contributed by atoms with van der Waals surface area (Å²) in [5.74, 6) is 0.313. The summed E-state index contributed by atoms with van der Waals surface area (Å²) in [7, 11) is 4.23. The average Bonchev–Trinajstić information content (AvgIpc) is 2.35. The number of rotatable bonds is 4. The number of likely N-dealkylation sites (N-methyl/N-ethyl adjacent to an activating group) is 2. The highest BCUT2D eigenvalue weighted by atomic mass is 16.1. The van der Waals surface area contributed by atoms with Gasteiger partial charge < -0.3 is 9.80 Å². The molecular formula is C14H21N3O.